The zero-order valence-corrected chi connectivity index (χ0v) is 11.6. The fourth-order valence-corrected chi connectivity index (χ4v) is 4.19. The number of rotatable bonds is 7. The second-order valence-corrected chi connectivity index (χ2v) is 7.23. The highest BCUT2D eigenvalue weighted by Crippen LogP contribution is 2.25. The van der Waals surface area contributed by atoms with Gasteiger partial charge in [0.25, 0.3) is 0 Å². The molecular formula is C12H25NO3S. The Kier molecular flexibility index (Phi) is 6.44. The van der Waals surface area contributed by atoms with Crippen LogP contribution in [-0.2, 0) is 10.0 Å². The maximum absolute atomic E-state index is 12.2. The summed E-state index contributed by atoms with van der Waals surface area (Å²) >= 11 is 0. The number of aliphatic hydroxyl groups is 1. The molecule has 0 radical (unpaired) electrons. The molecule has 1 N–H and O–H groups in total. The molecule has 0 unspecified atom stereocenters. The van der Waals surface area contributed by atoms with Crippen LogP contribution >= 0.6 is 0 Å². The molecule has 1 fully saturated rings. The number of nitrogens with zero attached hydrogens (tertiary/aromatic N) is 1. The number of aliphatic hydroxyl groups excluding tert-OH is 1. The minimum Gasteiger partial charge on any atom is -0.396 e. The molecule has 0 aromatic rings. The van der Waals surface area contributed by atoms with Crippen molar-refractivity contribution in [2.45, 2.75) is 56.6 Å². The maximum Gasteiger partial charge on any atom is 0.216 e. The third kappa shape index (κ3) is 4.56. The Morgan fingerprint density at radius 3 is 2.35 bits per heavy atom. The fraction of sp³-hybridized carbons (Fsp3) is 1.00. The van der Waals surface area contributed by atoms with Crippen molar-refractivity contribution in [1.29, 1.82) is 0 Å². The zero-order chi connectivity index (χ0) is 12.7. The summed E-state index contributed by atoms with van der Waals surface area (Å²) in [5.41, 5.74) is 0. The van der Waals surface area contributed by atoms with Crippen molar-refractivity contribution in [3.63, 3.8) is 0 Å². The first-order chi connectivity index (χ1) is 8.09. The van der Waals surface area contributed by atoms with Gasteiger partial charge >= 0.3 is 0 Å². The number of unbranched alkanes of at least 4 members (excludes halogenated alkanes) is 2. The van der Waals surface area contributed by atoms with Crippen LogP contribution in [0, 0.1) is 0 Å². The molecule has 0 amide bonds. The summed E-state index contributed by atoms with van der Waals surface area (Å²) in [6, 6.07) is 0. The molecular weight excluding hydrogens is 238 g/mol. The topological polar surface area (TPSA) is 57.6 Å². The molecule has 0 bridgehead atoms. The average molecular weight is 263 g/mol. The Labute approximate surface area is 105 Å². The summed E-state index contributed by atoms with van der Waals surface area (Å²) in [6.45, 7) is 0.776. The van der Waals surface area contributed by atoms with E-state index in [1.807, 2.05) is 0 Å². The molecule has 102 valence electrons. The minimum absolute atomic E-state index is 0.154. The molecule has 0 atom stereocenters. The smallest absolute Gasteiger partial charge is 0.216 e. The van der Waals surface area contributed by atoms with Crippen LogP contribution < -0.4 is 0 Å². The van der Waals surface area contributed by atoms with Gasteiger partial charge in [0.2, 0.25) is 10.0 Å². The van der Waals surface area contributed by atoms with E-state index in [1.54, 1.807) is 7.05 Å². The summed E-state index contributed by atoms with van der Waals surface area (Å²) in [4.78, 5) is 0. The molecule has 0 aromatic carbocycles. The maximum atomic E-state index is 12.2. The molecule has 1 aliphatic carbocycles. The molecule has 0 aromatic heterocycles. The molecule has 17 heavy (non-hydrogen) atoms. The van der Waals surface area contributed by atoms with Crippen LogP contribution in [0.2, 0.25) is 0 Å². The second kappa shape index (κ2) is 7.34. The van der Waals surface area contributed by atoms with Crippen molar-refractivity contribution in [3.8, 4) is 0 Å². The molecule has 5 heteroatoms. The van der Waals surface area contributed by atoms with Gasteiger partial charge in [0.05, 0.1) is 5.25 Å². The van der Waals surface area contributed by atoms with Gasteiger partial charge in [-0.3, -0.25) is 0 Å². The zero-order valence-electron chi connectivity index (χ0n) is 10.8. The molecule has 0 heterocycles. The molecule has 4 nitrogen and oxygen atoms in total. The Hall–Kier alpha value is -0.130. The minimum atomic E-state index is -3.08. The highest BCUT2D eigenvalue weighted by Gasteiger charge is 2.30. The Bertz CT molecular complexity index is 297. The predicted octanol–water partition coefficient (Wildman–Crippen LogP) is 1.74. The van der Waals surface area contributed by atoms with Gasteiger partial charge < -0.3 is 5.11 Å². The number of hydrogen-bond donors (Lipinski definition) is 1. The molecule has 1 aliphatic rings. The highest BCUT2D eigenvalue weighted by atomic mass is 32.2. The molecule has 0 saturated heterocycles. The molecule has 1 saturated carbocycles. The van der Waals surface area contributed by atoms with Gasteiger partial charge in [-0.25, -0.2) is 12.7 Å². The van der Waals surface area contributed by atoms with Crippen molar-refractivity contribution in [2.75, 3.05) is 20.2 Å². The van der Waals surface area contributed by atoms with Crippen LogP contribution in [0.1, 0.15) is 51.4 Å². The standard InChI is InChI=1S/C12H25NO3S/c1-13(10-6-3-7-11-14)17(15,16)12-8-4-2-5-9-12/h12,14H,2-11H2,1H3. The monoisotopic (exact) mass is 263 g/mol. The SMILES string of the molecule is CN(CCCCCO)S(=O)(=O)C1CCCCC1. The fourth-order valence-electron chi connectivity index (χ4n) is 2.37. The van der Waals surface area contributed by atoms with E-state index < -0.39 is 10.0 Å². The van der Waals surface area contributed by atoms with Crippen LogP contribution in [0.3, 0.4) is 0 Å². The van der Waals surface area contributed by atoms with Crippen molar-refractivity contribution in [3.05, 3.63) is 0 Å². The number of hydrogen-bond acceptors (Lipinski definition) is 3. The lowest BCUT2D eigenvalue weighted by atomic mass is 10.0. The Morgan fingerprint density at radius 2 is 1.76 bits per heavy atom. The normalized spacial score (nSPS) is 18.8. The molecule has 1 rings (SSSR count). The first kappa shape index (κ1) is 14.9. The summed E-state index contributed by atoms with van der Waals surface area (Å²) in [6.07, 6.45) is 7.39. The van der Waals surface area contributed by atoms with Gasteiger partial charge in [0.15, 0.2) is 0 Å². The van der Waals surface area contributed by atoms with Crippen LogP contribution in [0.5, 0.6) is 0 Å². The lowest BCUT2D eigenvalue weighted by Crippen LogP contribution is -2.37. The first-order valence-corrected chi connectivity index (χ1v) is 8.15. The van der Waals surface area contributed by atoms with E-state index in [0.717, 1.165) is 44.9 Å². The predicted molar refractivity (Wildman–Crippen MR) is 69.4 cm³/mol. The third-order valence-electron chi connectivity index (χ3n) is 3.54. The summed E-state index contributed by atoms with van der Waals surface area (Å²) in [5, 5.41) is 8.51. The number of sulfonamides is 1. The van der Waals surface area contributed by atoms with Crippen LogP contribution in [-0.4, -0.2) is 43.3 Å². The Balaban J connectivity index is 2.39. The lowest BCUT2D eigenvalue weighted by molar-refractivity contribution is 0.281. The van der Waals surface area contributed by atoms with Crippen LogP contribution in [0.25, 0.3) is 0 Å². The van der Waals surface area contributed by atoms with Crippen molar-refractivity contribution in [1.82, 2.24) is 4.31 Å². The third-order valence-corrected chi connectivity index (χ3v) is 5.90. The lowest BCUT2D eigenvalue weighted by Gasteiger charge is -2.27. The van der Waals surface area contributed by atoms with Gasteiger partial charge in [-0.05, 0) is 32.1 Å². The summed E-state index contributed by atoms with van der Waals surface area (Å²) in [7, 11) is -1.39. The highest BCUT2D eigenvalue weighted by molar-refractivity contribution is 7.89. The molecule has 0 aliphatic heterocycles. The van der Waals surface area contributed by atoms with E-state index >= 15 is 0 Å². The van der Waals surface area contributed by atoms with E-state index in [2.05, 4.69) is 0 Å². The quantitative estimate of drug-likeness (QED) is 0.712. The average Bonchev–Trinajstić information content (AvgIpc) is 2.35. The van der Waals surface area contributed by atoms with Gasteiger partial charge in [-0.1, -0.05) is 19.3 Å². The Morgan fingerprint density at radius 1 is 1.12 bits per heavy atom. The van der Waals surface area contributed by atoms with Crippen LogP contribution in [0.15, 0.2) is 0 Å². The summed E-state index contributed by atoms with van der Waals surface area (Å²) in [5.74, 6) is 0. The van der Waals surface area contributed by atoms with E-state index in [4.69, 9.17) is 5.11 Å². The van der Waals surface area contributed by atoms with Crippen molar-refractivity contribution < 1.29 is 13.5 Å². The second-order valence-electron chi connectivity index (χ2n) is 4.91. The molecule has 0 spiro atoms. The van der Waals surface area contributed by atoms with Crippen molar-refractivity contribution >= 4 is 10.0 Å². The first-order valence-electron chi connectivity index (χ1n) is 6.65. The summed E-state index contributed by atoms with van der Waals surface area (Å²) < 4.78 is 26.0. The van der Waals surface area contributed by atoms with Gasteiger partial charge in [0, 0.05) is 20.2 Å². The van der Waals surface area contributed by atoms with E-state index in [0.29, 0.717) is 6.54 Å². The van der Waals surface area contributed by atoms with Crippen LogP contribution in [0.4, 0.5) is 0 Å². The van der Waals surface area contributed by atoms with Gasteiger partial charge in [-0.15, -0.1) is 0 Å². The van der Waals surface area contributed by atoms with E-state index in [9.17, 15) is 8.42 Å². The van der Waals surface area contributed by atoms with E-state index in [-0.39, 0.29) is 11.9 Å². The van der Waals surface area contributed by atoms with E-state index in [1.165, 1.54) is 10.7 Å². The van der Waals surface area contributed by atoms with Gasteiger partial charge in [0.1, 0.15) is 0 Å². The van der Waals surface area contributed by atoms with Gasteiger partial charge in [-0.2, -0.15) is 0 Å². The van der Waals surface area contributed by atoms with Crippen molar-refractivity contribution in [2.24, 2.45) is 0 Å². The largest absolute Gasteiger partial charge is 0.396 e.